The van der Waals surface area contributed by atoms with E-state index >= 15 is 0 Å². The second kappa shape index (κ2) is 11.6. The van der Waals surface area contributed by atoms with E-state index in [0.29, 0.717) is 26.2 Å². The molecule has 0 unspecified atom stereocenters. The summed E-state index contributed by atoms with van der Waals surface area (Å²) in [6.45, 7) is 4.65. The van der Waals surface area contributed by atoms with Crippen LogP contribution in [0.3, 0.4) is 0 Å². The molecule has 2 aromatic rings. The molecule has 2 N–H and O–H groups in total. The maximum Gasteiger partial charge on any atom is 0.317 e. The fraction of sp³-hybridized carbons (Fsp3) is 0.455. The molecule has 29 heavy (non-hydrogen) atoms. The first-order valence-corrected chi connectivity index (χ1v) is 11.2. The van der Waals surface area contributed by atoms with Gasteiger partial charge in [-0.25, -0.2) is 4.79 Å². The quantitative estimate of drug-likeness (QED) is 0.697. The van der Waals surface area contributed by atoms with Crippen molar-refractivity contribution in [2.24, 2.45) is 0 Å². The molecule has 7 heteroatoms. The van der Waals surface area contributed by atoms with Crippen molar-refractivity contribution in [1.29, 1.82) is 0 Å². The van der Waals surface area contributed by atoms with E-state index in [0.717, 1.165) is 38.9 Å². The van der Waals surface area contributed by atoms with Crippen molar-refractivity contribution in [3.63, 3.8) is 0 Å². The number of hydrogen-bond donors (Lipinski definition) is 2. The Hall–Kier alpha value is -2.38. The molecule has 6 nitrogen and oxygen atoms in total. The predicted octanol–water partition coefficient (Wildman–Crippen LogP) is 2.37. The molecule has 2 heterocycles. The molecule has 0 atom stereocenters. The van der Waals surface area contributed by atoms with Gasteiger partial charge < -0.3 is 15.5 Å². The third kappa shape index (κ3) is 7.51. The topological polar surface area (TPSA) is 64.7 Å². The highest BCUT2D eigenvalue weighted by molar-refractivity contribution is 7.09. The highest BCUT2D eigenvalue weighted by Crippen LogP contribution is 2.08. The molecular weight excluding hydrogens is 384 g/mol. The first-order chi connectivity index (χ1) is 14.2. The van der Waals surface area contributed by atoms with Gasteiger partial charge in [0.05, 0.1) is 6.54 Å². The van der Waals surface area contributed by atoms with Crippen molar-refractivity contribution in [2.45, 2.75) is 19.3 Å². The maximum atomic E-state index is 12.4. The smallest absolute Gasteiger partial charge is 0.317 e. The summed E-state index contributed by atoms with van der Waals surface area (Å²) in [5.74, 6) is 0.0507. The summed E-state index contributed by atoms with van der Waals surface area (Å²) in [5.41, 5.74) is 1.23. The molecule has 1 fully saturated rings. The second-order valence-electron chi connectivity index (χ2n) is 7.26. The molecule has 0 bridgehead atoms. The number of hydrogen-bond acceptors (Lipinski definition) is 4. The highest BCUT2D eigenvalue weighted by Gasteiger charge is 2.20. The third-order valence-corrected chi connectivity index (χ3v) is 5.99. The molecular formula is C22H30N4O2S. The number of benzene rings is 1. The molecule has 156 valence electrons. The van der Waals surface area contributed by atoms with Crippen molar-refractivity contribution in [3.05, 3.63) is 58.3 Å². The van der Waals surface area contributed by atoms with Gasteiger partial charge in [-0.15, -0.1) is 11.3 Å². The minimum Gasteiger partial charge on any atom is -0.355 e. The molecule has 0 aliphatic carbocycles. The summed E-state index contributed by atoms with van der Waals surface area (Å²) in [5, 5.41) is 8.07. The summed E-state index contributed by atoms with van der Waals surface area (Å²) < 4.78 is 0. The van der Waals surface area contributed by atoms with Gasteiger partial charge in [-0.05, 0) is 36.3 Å². The first kappa shape index (κ1) is 21.3. The van der Waals surface area contributed by atoms with Gasteiger partial charge in [-0.3, -0.25) is 9.69 Å². The number of rotatable bonds is 8. The average molecular weight is 415 g/mol. The van der Waals surface area contributed by atoms with Crippen LogP contribution in [0.2, 0.25) is 0 Å². The van der Waals surface area contributed by atoms with E-state index in [9.17, 15) is 9.59 Å². The van der Waals surface area contributed by atoms with E-state index in [2.05, 4.69) is 39.1 Å². The number of urea groups is 1. The van der Waals surface area contributed by atoms with Gasteiger partial charge in [0.15, 0.2) is 0 Å². The first-order valence-electron chi connectivity index (χ1n) is 10.3. The molecule has 1 aliphatic rings. The van der Waals surface area contributed by atoms with Gasteiger partial charge in [0.25, 0.3) is 0 Å². The van der Waals surface area contributed by atoms with Crippen molar-refractivity contribution in [1.82, 2.24) is 20.4 Å². The Morgan fingerprint density at radius 1 is 0.897 bits per heavy atom. The van der Waals surface area contributed by atoms with E-state index in [-0.39, 0.29) is 11.9 Å². The third-order valence-electron chi connectivity index (χ3n) is 5.05. The van der Waals surface area contributed by atoms with Crippen LogP contribution in [0.5, 0.6) is 0 Å². The van der Waals surface area contributed by atoms with Gasteiger partial charge in [-0.2, -0.15) is 0 Å². The zero-order valence-corrected chi connectivity index (χ0v) is 17.6. The molecule has 0 radical (unpaired) electrons. The van der Waals surface area contributed by atoms with E-state index < -0.39 is 0 Å². The van der Waals surface area contributed by atoms with Crippen LogP contribution >= 0.6 is 11.3 Å². The van der Waals surface area contributed by atoms with Crippen molar-refractivity contribution in [3.8, 4) is 0 Å². The normalized spacial score (nSPS) is 15.0. The fourth-order valence-corrected chi connectivity index (χ4v) is 4.15. The Bertz CT molecular complexity index is 751. The van der Waals surface area contributed by atoms with Crippen molar-refractivity contribution in [2.75, 3.05) is 45.8 Å². The molecule has 1 saturated heterocycles. The molecule has 3 rings (SSSR count). The monoisotopic (exact) mass is 414 g/mol. The summed E-state index contributed by atoms with van der Waals surface area (Å²) in [6, 6.07) is 14.3. The van der Waals surface area contributed by atoms with Crippen LogP contribution < -0.4 is 10.6 Å². The number of nitrogens with one attached hydrogen (secondary N) is 2. The van der Waals surface area contributed by atoms with Crippen molar-refractivity contribution >= 4 is 23.3 Å². The lowest BCUT2D eigenvalue weighted by Gasteiger charge is -2.22. The number of amides is 3. The lowest BCUT2D eigenvalue weighted by atomic mass is 10.1. The van der Waals surface area contributed by atoms with Gasteiger partial charge in [-0.1, -0.05) is 36.4 Å². The van der Waals surface area contributed by atoms with E-state index in [4.69, 9.17) is 0 Å². The van der Waals surface area contributed by atoms with E-state index in [1.807, 2.05) is 29.2 Å². The number of carbonyl (C=O) groups is 2. The molecule has 3 amide bonds. The summed E-state index contributed by atoms with van der Waals surface area (Å²) in [6.07, 6.45) is 2.59. The Morgan fingerprint density at radius 2 is 1.72 bits per heavy atom. The van der Waals surface area contributed by atoms with Gasteiger partial charge in [0.1, 0.15) is 0 Å². The lowest BCUT2D eigenvalue weighted by molar-refractivity contribution is -0.122. The molecule has 1 aromatic carbocycles. The Kier molecular flexibility index (Phi) is 8.52. The molecule has 1 aromatic heterocycles. The van der Waals surface area contributed by atoms with Crippen LogP contribution in [-0.4, -0.2) is 67.6 Å². The van der Waals surface area contributed by atoms with Crippen molar-refractivity contribution < 1.29 is 9.59 Å². The van der Waals surface area contributed by atoms with E-state index in [1.165, 1.54) is 10.4 Å². The van der Waals surface area contributed by atoms with Gasteiger partial charge >= 0.3 is 6.03 Å². The largest absolute Gasteiger partial charge is 0.355 e. The number of nitrogens with zero attached hydrogens (tertiary/aromatic N) is 2. The summed E-state index contributed by atoms with van der Waals surface area (Å²) >= 11 is 1.71. The van der Waals surface area contributed by atoms with Crippen LogP contribution in [-0.2, 0) is 17.6 Å². The van der Waals surface area contributed by atoms with E-state index in [1.54, 1.807) is 11.3 Å². The maximum absolute atomic E-state index is 12.4. The molecule has 1 aliphatic heterocycles. The standard InChI is InChI=1S/C22H30N4O2S/c27-21(23-11-9-19-6-2-1-3-7-19)18-25-13-5-14-26(16-15-25)22(28)24-12-10-20-8-4-17-29-20/h1-4,6-8,17H,5,9-16,18H2,(H,23,27)(H,24,28). The minimum atomic E-state index is -0.00396. The molecule has 0 spiro atoms. The van der Waals surface area contributed by atoms with Gasteiger partial charge in [0, 0.05) is 44.1 Å². The SMILES string of the molecule is O=C(CN1CCCN(C(=O)NCCc2cccs2)CC1)NCCc1ccccc1. The highest BCUT2D eigenvalue weighted by atomic mass is 32.1. The Morgan fingerprint density at radius 3 is 2.52 bits per heavy atom. The minimum absolute atomic E-state index is 0.00396. The summed E-state index contributed by atoms with van der Waals surface area (Å²) in [7, 11) is 0. The number of carbonyl (C=O) groups excluding carboxylic acids is 2. The Balaban J connectivity index is 1.32. The Labute approximate surface area is 176 Å². The molecule has 0 saturated carbocycles. The summed E-state index contributed by atoms with van der Waals surface area (Å²) in [4.78, 5) is 29.9. The number of thiophene rings is 1. The average Bonchev–Trinajstić information content (AvgIpc) is 3.13. The van der Waals surface area contributed by atoms with Crippen LogP contribution in [0.15, 0.2) is 47.8 Å². The fourth-order valence-electron chi connectivity index (χ4n) is 3.44. The zero-order valence-electron chi connectivity index (χ0n) is 16.8. The lowest BCUT2D eigenvalue weighted by Crippen LogP contribution is -2.43. The second-order valence-corrected chi connectivity index (χ2v) is 8.30. The van der Waals surface area contributed by atoms with Crippen LogP contribution in [0.1, 0.15) is 16.9 Å². The van der Waals surface area contributed by atoms with Crippen LogP contribution in [0, 0.1) is 0 Å². The van der Waals surface area contributed by atoms with Gasteiger partial charge in [0.2, 0.25) is 5.91 Å². The van der Waals surface area contributed by atoms with Crippen LogP contribution in [0.4, 0.5) is 4.79 Å². The predicted molar refractivity (Wildman–Crippen MR) is 117 cm³/mol. The zero-order chi connectivity index (χ0) is 20.3. The van der Waals surface area contributed by atoms with Crippen LogP contribution in [0.25, 0.3) is 0 Å².